The van der Waals surface area contributed by atoms with E-state index in [9.17, 15) is 14.4 Å². The van der Waals surface area contributed by atoms with Crippen LogP contribution in [-0.2, 0) is 19.1 Å². The number of ketones is 2. The Morgan fingerprint density at radius 2 is 1.97 bits per heavy atom. The first-order valence-corrected chi connectivity index (χ1v) is 10.8. The van der Waals surface area contributed by atoms with Crippen LogP contribution in [0.5, 0.6) is 5.75 Å². The van der Waals surface area contributed by atoms with Crippen molar-refractivity contribution in [2.75, 3.05) is 27.4 Å². The number of Topliss-reactive ketones (excluding diaryl/α,β-unsaturated/α-hetero) is 2. The number of allylic oxidation sites excluding steroid dienone is 2. The molecule has 0 bridgehead atoms. The maximum atomic E-state index is 13.7. The number of fused-ring (bicyclic) bond motifs is 4. The molecule has 1 amide bonds. The van der Waals surface area contributed by atoms with Gasteiger partial charge in [0, 0.05) is 30.2 Å². The summed E-state index contributed by atoms with van der Waals surface area (Å²) in [6, 6.07) is 7.11. The second-order valence-electron chi connectivity index (χ2n) is 7.94. The second kappa shape index (κ2) is 7.26. The van der Waals surface area contributed by atoms with Crippen molar-refractivity contribution in [1.29, 1.82) is 0 Å². The van der Waals surface area contributed by atoms with Crippen molar-refractivity contribution >= 4 is 29.4 Å². The third-order valence-corrected chi connectivity index (χ3v) is 7.58. The summed E-state index contributed by atoms with van der Waals surface area (Å²) in [6.45, 7) is 0.292. The molecule has 0 saturated carbocycles. The van der Waals surface area contributed by atoms with Crippen LogP contribution in [0.1, 0.15) is 0 Å². The Bertz CT molecular complexity index is 1100. The minimum Gasteiger partial charge on any atom is -0.497 e. The van der Waals surface area contributed by atoms with Crippen LogP contribution in [-0.4, -0.2) is 67.7 Å². The number of primary amides is 1. The number of benzene rings is 1. The molecule has 11 heteroatoms. The number of nitrogens with two attached hydrogens (primary N) is 2. The molecule has 4 aliphatic rings. The van der Waals surface area contributed by atoms with Crippen LogP contribution in [0.4, 0.5) is 4.79 Å². The van der Waals surface area contributed by atoms with Gasteiger partial charge in [-0.3, -0.25) is 9.59 Å². The van der Waals surface area contributed by atoms with Crippen molar-refractivity contribution in [2.45, 2.75) is 22.7 Å². The number of piperazine rings is 1. The molecule has 0 unspecified atom stereocenters. The van der Waals surface area contributed by atoms with Crippen LogP contribution < -0.4 is 21.5 Å². The zero-order chi connectivity index (χ0) is 22.8. The molecule has 1 aromatic rings. The molecule has 0 radical (unpaired) electrons. The minimum atomic E-state index is -1.03. The highest BCUT2D eigenvalue weighted by Crippen LogP contribution is 2.56. The van der Waals surface area contributed by atoms with Crippen LogP contribution in [0.3, 0.4) is 0 Å². The van der Waals surface area contributed by atoms with Gasteiger partial charge >= 0.3 is 6.09 Å². The van der Waals surface area contributed by atoms with E-state index >= 15 is 0 Å². The number of rotatable bonds is 6. The summed E-state index contributed by atoms with van der Waals surface area (Å²) < 4.78 is 16.2. The predicted molar refractivity (Wildman–Crippen MR) is 113 cm³/mol. The molecule has 3 aliphatic heterocycles. The van der Waals surface area contributed by atoms with Crippen molar-refractivity contribution in [3.8, 4) is 5.75 Å². The van der Waals surface area contributed by atoms with E-state index in [4.69, 9.17) is 25.7 Å². The Labute approximate surface area is 187 Å². The van der Waals surface area contributed by atoms with Gasteiger partial charge in [-0.25, -0.2) is 4.79 Å². The molecule has 10 nitrogen and oxygen atoms in total. The van der Waals surface area contributed by atoms with Gasteiger partial charge in [-0.2, -0.15) is 0 Å². The van der Waals surface area contributed by atoms with Gasteiger partial charge in [0.05, 0.1) is 35.4 Å². The summed E-state index contributed by atoms with van der Waals surface area (Å²) in [5, 5.41) is 3.31. The lowest BCUT2D eigenvalue weighted by molar-refractivity contribution is -0.137. The Hall–Kier alpha value is -3.02. The van der Waals surface area contributed by atoms with Crippen LogP contribution in [0, 0.1) is 5.92 Å². The summed E-state index contributed by atoms with van der Waals surface area (Å²) >= 11 is 1.13. The SMILES string of the molecule is COc1ccc(SC2=C(N)C(=O)C3=C(C2=O)N2C[C@@H]4N[C@@H]4[C@]2(OC)[C@@H]3COC(N)=O)cc1. The molecule has 0 aromatic heterocycles. The lowest BCUT2D eigenvalue weighted by atomic mass is 9.84. The van der Waals surface area contributed by atoms with E-state index in [-0.39, 0.29) is 46.3 Å². The van der Waals surface area contributed by atoms with E-state index in [1.54, 1.807) is 31.4 Å². The van der Waals surface area contributed by atoms with Crippen molar-refractivity contribution < 1.29 is 28.6 Å². The number of hydrogen-bond acceptors (Lipinski definition) is 10. The molecule has 1 aromatic carbocycles. The molecule has 168 valence electrons. The summed E-state index contributed by atoms with van der Waals surface area (Å²) in [5.41, 5.74) is 10.7. The van der Waals surface area contributed by atoms with Crippen LogP contribution in [0.15, 0.2) is 51.0 Å². The van der Waals surface area contributed by atoms with Gasteiger partial charge in [0.25, 0.3) is 0 Å². The first kappa shape index (κ1) is 20.9. The fourth-order valence-electron chi connectivity index (χ4n) is 5.04. The average molecular weight is 458 g/mol. The Balaban J connectivity index is 1.53. The second-order valence-corrected chi connectivity index (χ2v) is 9.02. The molecule has 32 heavy (non-hydrogen) atoms. The van der Waals surface area contributed by atoms with E-state index in [0.717, 1.165) is 16.7 Å². The lowest BCUT2D eigenvalue weighted by Crippen LogP contribution is -2.55. The summed E-state index contributed by atoms with van der Waals surface area (Å²) in [4.78, 5) is 41.1. The maximum absolute atomic E-state index is 13.7. The Kier molecular flexibility index (Phi) is 4.73. The molecule has 5 rings (SSSR count). The number of nitrogens with zero attached hydrogens (tertiary/aromatic N) is 1. The van der Waals surface area contributed by atoms with Gasteiger partial charge in [0.2, 0.25) is 11.6 Å². The summed E-state index contributed by atoms with van der Waals surface area (Å²) in [6.07, 6.45) is -0.969. The third kappa shape index (κ3) is 2.78. The zero-order valence-corrected chi connectivity index (χ0v) is 18.2. The van der Waals surface area contributed by atoms with E-state index in [1.807, 2.05) is 4.90 Å². The van der Waals surface area contributed by atoms with Crippen molar-refractivity contribution in [2.24, 2.45) is 17.4 Å². The van der Waals surface area contributed by atoms with Crippen molar-refractivity contribution in [3.05, 3.63) is 46.1 Å². The van der Waals surface area contributed by atoms with Crippen molar-refractivity contribution in [1.82, 2.24) is 10.2 Å². The third-order valence-electron chi connectivity index (χ3n) is 6.46. The van der Waals surface area contributed by atoms with Crippen LogP contribution in [0.25, 0.3) is 0 Å². The number of amides is 1. The molecule has 0 spiro atoms. The average Bonchev–Trinajstić information content (AvgIpc) is 3.40. The fourth-order valence-corrected chi connectivity index (χ4v) is 5.94. The van der Waals surface area contributed by atoms with Crippen molar-refractivity contribution in [3.63, 3.8) is 0 Å². The standard InChI is InChI=1S/C21H22N4O6S/c1-29-9-3-5-10(6-4-9)32-18-14(22)16(26)13-11(8-31-20(23)28)21(30-2)19-12(24-19)7-25(21)15(13)17(18)27/h3-6,11-12,19,24H,7-8,22H2,1-2H3,(H2,23,28)/t11-,12+,19+,21-/m1/s1. The van der Waals surface area contributed by atoms with E-state index in [1.165, 1.54) is 7.11 Å². The normalized spacial score (nSPS) is 30.3. The van der Waals surface area contributed by atoms with Crippen LogP contribution in [0.2, 0.25) is 0 Å². The zero-order valence-electron chi connectivity index (χ0n) is 17.4. The quantitative estimate of drug-likeness (QED) is 0.394. The molecule has 4 atom stereocenters. The first-order valence-electron chi connectivity index (χ1n) is 9.99. The number of hydrogen-bond donors (Lipinski definition) is 3. The highest BCUT2D eigenvalue weighted by atomic mass is 32.2. The maximum Gasteiger partial charge on any atom is 0.404 e. The molecule has 5 N–H and O–H groups in total. The Morgan fingerprint density at radius 3 is 2.59 bits per heavy atom. The summed E-state index contributed by atoms with van der Waals surface area (Å²) in [7, 11) is 3.08. The van der Waals surface area contributed by atoms with Gasteiger partial charge in [0.15, 0.2) is 5.72 Å². The molecule has 1 aliphatic carbocycles. The monoisotopic (exact) mass is 458 g/mol. The number of thioether (sulfide) groups is 1. The largest absolute Gasteiger partial charge is 0.497 e. The van der Waals surface area contributed by atoms with Gasteiger partial charge in [-0.05, 0) is 24.3 Å². The topological polar surface area (TPSA) is 156 Å². The molecule has 2 saturated heterocycles. The Morgan fingerprint density at radius 1 is 1.25 bits per heavy atom. The number of carbonyl (C=O) groups is 3. The van der Waals surface area contributed by atoms with E-state index in [2.05, 4.69) is 5.32 Å². The number of carbonyl (C=O) groups excluding carboxylic acids is 3. The molecule has 3 heterocycles. The minimum absolute atomic E-state index is 0.112. The van der Waals surface area contributed by atoms with Crippen LogP contribution >= 0.6 is 11.8 Å². The molecule has 2 fully saturated rings. The summed E-state index contributed by atoms with van der Waals surface area (Å²) in [5.74, 6) is -0.837. The van der Waals surface area contributed by atoms with Gasteiger partial charge in [-0.1, -0.05) is 11.8 Å². The van der Waals surface area contributed by atoms with Gasteiger partial charge in [0.1, 0.15) is 12.4 Å². The molecular weight excluding hydrogens is 436 g/mol. The fraction of sp³-hybridized carbons (Fsp3) is 0.381. The highest BCUT2D eigenvalue weighted by molar-refractivity contribution is 8.04. The van der Waals surface area contributed by atoms with Gasteiger partial charge in [-0.15, -0.1) is 0 Å². The van der Waals surface area contributed by atoms with E-state index in [0.29, 0.717) is 12.3 Å². The first-order chi connectivity index (χ1) is 15.3. The highest BCUT2D eigenvalue weighted by Gasteiger charge is 2.72. The smallest absolute Gasteiger partial charge is 0.404 e. The number of ether oxygens (including phenoxy) is 3. The lowest BCUT2D eigenvalue weighted by Gasteiger charge is -2.39. The van der Waals surface area contributed by atoms with E-state index < -0.39 is 23.5 Å². The number of methoxy groups -OCH3 is 2. The molecular formula is C21H22N4O6S. The van der Waals surface area contributed by atoms with Gasteiger partial charge < -0.3 is 35.9 Å². The predicted octanol–water partition coefficient (Wildman–Crippen LogP) is 0.0873. The number of nitrogens with one attached hydrogen (secondary N) is 1.